The molecule has 0 spiro atoms. The number of benzene rings is 2. The minimum Gasteiger partial charge on any atom is -0.495 e. The molecule has 2 aromatic rings. The van der Waals surface area contributed by atoms with Gasteiger partial charge in [-0.15, -0.1) is 0 Å². The molecule has 2 rings (SSSR count). The summed E-state index contributed by atoms with van der Waals surface area (Å²) in [5, 5.41) is 2.80. The van der Waals surface area contributed by atoms with Gasteiger partial charge in [0.05, 0.1) is 17.8 Å². The van der Waals surface area contributed by atoms with Crippen LogP contribution in [-0.4, -0.2) is 13.0 Å². The summed E-state index contributed by atoms with van der Waals surface area (Å²) in [6, 6.07) is 10.6. The molecule has 1 amide bonds. The Hall–Kier alpha value is -2.07. The predicted octanol–water partition coefficient (Wildman–Crippen LogP) is 3.74. The number of anilines is 1. The van der Waals surface area contributed by atoms with Crippen molar-refractivity contribution in [1.82, 2.24) is 0 Å². The van der Waals surface area contributed by atoms with Crippen molar-refractivity contribution in [3.05, 3.63) is 58.9 Å². The van der Waals surface area contributed by atoms with Crippen molar-refractivity contribution in [1.29, 1.82) is 0 Å². The third-order valence-corrected chi connectivity index (χ3v) is 2.83. The Kier molecular flexibility index (Phi) is 4.02. The second-order valence-corrected chi connectivity index (χ2v) is 4.19. The van der Waals surface area contributed by atoms with E-state index < -0.39 is 11.7 Å². The van der Waals surface area contributed by atoms with Crippen LogP contribution in [0.25, 0.3) is 0 Å². The number of rotatable bonds is 3. The normalized spacial score (nSPS) is 10.1. The Morgan fingerprint density at radius 1 is 1.26 bits per heavy atom. The fourth-order valence-electron chi connectivity index (χ4n) is 1.56. The van der Waals surface area contributed by atoms with Crippen molar-refractivity contribution < 1.29 is 13.9 Å². The molecule has 3 nitrogen and oxygen atoms in total. The highest BCUT2D eigenvalue weighted by atomic mass is 35.5. The highest BCUT2D eigenvalue weighted by molar-refractivity contribution is 6.32. The Labute approximate surface area is 115 Å². The first kappa shape index (κ1) is 13.4. The lowest BCUT2D eigenvalue weighted by Crippen LogP contribution is -2.12. The summed E-state index contributed by atoms with van der Waals surface area (Å²) in [5.41, 5.74) is 0.452. The molecule has 5 heteroatoms. The molecule has 0 atom stereocenters. The monoisotopic (exact) mass is 279 g/mol. The quantitative estimate of drug-likeness (QED) is 0.929. The molecule has 0 aliphatic carbocycles. The lowest BCUT2D eigenvalue weighted by molar-refractivity contribution is 0.102. The number of amides is 1. The van der Waals surface area contributed by atoms with Crippen LogP contribution in [0.4, 0.5) is 10.1 Å². The van der Waals surface area contributed by atoms with Crippen LogP contribution in [0, 0.1) is 5.82 Å². The first-order valence-corrected chi connectivity index (χ1v) is 5.89. The Morgan fingerprint density at radius 3 is 2.63 bits per heavy atom. The topological polar surface area (TPSA) is 38.3 Å². The number of methoxy groups -OCH3 is 1. The van der Waals surface area contributed by atoms with E-state index in [9.17, 15) is 9.18 Å². The van der Waals surface area contributed by atoms with Gasteiger partial charge in [0.15, 0.2) is 0 Å². The van der Waals surface area contributed by atoms with Crippen molar-refractivity contribution in [2.45, 2.75) is 0 Å². The lowest BCUT2D eigenvalue weighted by atomic mass is 10.2. The summed E-state index contributed by atoms with van der Waals surface area (Å²) >= 11 is 5.93. The number of carbonyl (C=O) groups is 1. The van der Waals surface area contributed by atoms with Gasteiger partial charge >= 0.3 is 0 Å². The van der Waals surface area contributed by atoms with Crippen LogP contribution in [0.1, 0.15) is 10.4 Å². The van der Waals surface area contributed by atoms with Crippen molar-refractivity contribution >= 4 is 23.2 Å². The molecule has 0 saturated heterocycles. The fourth-order valence-corrected chi connectivity index (χ4v) is 1.82. The average Bonchev–Trinajstić information content (AvgIpc) is 2.41. The summed E-state index contributed by atoms with van der Waals surface area (Å²) in [7, 11) is 1.49. The maximum absolute atomic E-state index is 13.4. The van der Waals surface area contributed by atoms with Gasteiger partial charge in [-0.1, -0.05) is 23.7 Å². The predicted molar refractivity (Wildman–Crippen MR) is 72.4 cm³/mol. The van der Waals surface area contributed by atoms with E-state index in [0.29, 0.717) is 16.3 Å². The number of ether oxygens (including phenoxy) is 1. The molecule has 0 fully saturated rings. The van der Waals surface area contributed by atoms with Crippen LogP contribution in [0.2, 0.25) is 5.02 Å². The zero-order valence-corrected chi connectivity index (χ0v) is 10.9. The van der Waals surface area contributed by atoms with Crippen LogP contribution in [0.3, 0.4) is 0 Å². The summed E-state index contributed by atoms with van der Waals surface area (Å²) in [6.07, 6.45) is 0. The van der Waals surface area contributed by atoms with Crippen LogP contribution in [-0.2, 0) is 0 Å². The van der Waals surface area contributed by atoms with Crippen molar-refractivity contribution in [3.63, 3.8) is 0 Å². The number of para-hydroxylation sites is 1. The van der Waals surface area contributed by atoms with Crippen LogP contribution in [0.15, 0.2) is 42.5 Å². The van der Waals surface area contributed by atoms with Gasteiger partial charge < -0.3 is 10.1 Å². The number of carbonyl (C=O) groups excluding carboxylic acids is 1. The molecule has 98 valence electrons. The van der Waals surface area contributed by atoms with Crippen LogP contribution >= 0.6 is 11.6 Å². The molecule has 0 saturated carbocycles. The van der Waals surface area contributed by atoms with Gasteiger partial charge in [-0.3, -0.25) is 4.79 Å². The zero-order chi connectivity index (χ0) is 13.8. The average molecular weight is 280 g/mol. The van der Waals surface area contributed by atoms with E-state index in [1.165, 1.54) is 25.3 Å². The molecule has 0 aromatic heterocycles. The fraction of sp³-hybridized carbons (Fsp3) is 0.0714. The second kappa shape index (κ2) is 5.71. The largest absolute Gasteiger partial charge is 0.495 e. The van der Waals surface area contributed by atoms with E-state index >= 15 is 0 Å². The summed E-state index contributed by atoms with van der Waals surface area (Å²) in [4.78, 5) is 11.9. The van der Waals surface area contributed by atoms with Gasteiger partial charge in [-0.2, -0.15) is 0 Å². The summed E-state index contributed by atoms with van der Waals surface area (Å²) in [5.74, 6) is -0.450. The number of nitrogens with one attached hydrogen (secondary N) is 1. The Bertz CT molecular complexity index is 616. The molecule has 0 unspecified atom stereocenters. The van der Waals surface area contributed by atoms with Gasteiger partial charge in [0.1, 0.15) is 11.6 Å². The van der Waals surface area contributed by atoms with E-state index in [1.54, 1.807) is 24.3 Å². The Morgan fingerprint density at radius 2 is 2.00 bits per heavy atom. The Balaban J connectivity index is 2.21. The molecule has 1 N–H and O–H groups in total. The minimum atomic E-state index is -0.490. The number of halogens is 2. The third-order valence-electron chi connectivity index (χ3n) is 2.54. The second-order valence-electron chi connectivity index (χ2n) is 3.78. The first-order chi connectivity index (χ1) is 9.11. The molecular formula is C14H11ClFNO2. The first-order valence-electron chi connectivity index (χ1n) is 5.51. The van der Waals surface area contributed by atoms with Gasteiger partial charge in [0.2, 0.25) is 0 Å². The van der Waals surface area contributed by atoms with E-state index in [2.05, 4.69) is 5.32 Å². The standard InChI is InChI=1S/C14H11ClFNO2/c1-19-13-7-6-9(8-10(13)15)14(18)17-12-5-3-2-4-11(12)16/h2-8H,1H3,(H,17,18). The lowest BCUT2D eigenvalue weighted by Gasteiger charge is -2.08. The van der Waals surface area contributed by atoms with Crippen LogP contribution < -0.4 is 10.1 Å². The highest BCUT2D eigenvalue weighted by Gasteiger charge is 2.11. The maximum atomic E-state index is 13.4. The van der Waals surface area contributed by atoms with E-state index in [0.717, 1.165) is 0 Å². The maximum Gasteiger partial charge on any atom is 0.255 e. The molecule has 0 heterocycles. The molecule has 0 radical (unpaired) electrons. The minimum absolute atomic E-state index is 0.124. The molecule has 2 aromatic carbocycles. The van der Waals surface area contributed by atoms with E-state index in [-0.39, 0.29) is 5.69 Å². The smallest absolute Gasteiger partial charge is 0.255 e. The summed E-state index contributed by atoms with van der Waals surface area (Å²) in [6.45, 7) is 0. The van der Waals surface area contributed by atoms with Gasteiger partial charge in [-0.05, 0) is 30.3 Å². The van der Waals surface area contributed by atoms with Gasteiger partial charge in [0.25, 0.3) is 5.91 Å². The number of hydrogen-bond donors (Lipinski definition) is 1. The number of hydrogen-bond acceptors (Lipinski definition) is 2. The van der Waals surface area contributed by atoms with E-state index in [1.807, 2.05) is 0 Å². The van der Waals surface area contributed by atoms with Gasteiger partial charge in [0, 0.05) is 5.56 Å². The molecule has 0 aliphatic rings. The zero-order valence-electron chi connectivity index (χ0n) is 10.1. The molecule has 19 heavy (non-hydrogen) atoms. The van der Waals surface area contributed by atoms with Crippen molar-refractivity contribution in [2.75, 3.05) is 12.4 Å². The molecular weight excluding hydrogens is 269 g/mol. The van der Waals surface area contributed by atoms with Gasteiger partial charge in [-0.25, -0.2) is 4.39 Å². The molecule has 0 aliphatic heterocycles. The summed E-state index contributed by atoms with van der Waals surface area (Å²) < 4.78 is 18.4. The van der Waals surface area contributed by atoms with E-state index in [4.69, 9.17) is 16.3 Å². The highest BCUT2D eigenvalue weighted by Crippen LogP contribution is 2.25. The molecule has 0 bridgehead atoms. The van der Waals surface area contributed by atoms with Crippen molar-refractivity contribution in [2.24, 2.45) is 0 Å². The third kappa shape index (κ3) is 3.03. The SMILES string of the molecule is COc1ccc(C(=O)Nc2ccccc2F)cc1Cl. The van der Waals surface area contributed by atoms with Crippen molar-refractivity contribution in [3.8, 4) is 5.75 Å². The van der Waals surface area contributed by atoms with Crippen LogP contribution in [0.5, 0.6) is 5.75 Å².